The molecule has 2 heterocycles. The van der Waals surface area contributed by atoms with Crippen molar-refractivity contribution in [2.45, 2.75) is 19.3 Å². The third kappa shape index (κ3) is 3.24. The monoisotopic (exact) mass is 574 g/mol. The van der Waals surface area contributed by atoms with E-state index in [1.807, 2.05) is 0 Å². The van der Waals surface area contributed by atoms with Crippen molar-refractivity contribution < 1.29 is 0 Å². The minimum Gasteiger partial charge on any atom is -0.309 e. The van der Waals surface area contributed by atoms with Crippen LogP contribution in [0, 0.1) is 0 Å². The molecule has 0 atom stereocenters. The standard InChI is InChI=1S/C43H30N2/c1-43(2)35-18-10-8-16-31(35)33-26-30(20-21-36(33)43)45-37-19-11-9-17-32(37)41-38(45)22-23-39-42(41)34-24-27-12-6-7-13-28(27)25-40(34)44(39)29-14-4-3-5-15-29/h3-26H,1-2H3. The number of fused-ring (bicyclic) bond motifs is 11. The second-order valence-electron chi connectivity index (χ2n) is 13.0. The van der Waals surface area contributed by atoms with Gasteiger partial charge in [0.2, 0.25) is 0 Å². The Morgan fingerprint density at radius 2 is 1.02 bits per heavy atom. The highest BCUT2D eigenvalue weighted by atomic mass is 15.0. The molecule has 0 aliphatic heterocycles. The summed E-state index contributed by atoms with van der Waals surface area (Å²) in [5, 5.41) is 7.69. The van der Waals surface area contributed by atoms with E-state index in [-0.39, 0.29) is 5.41 Å². The number of aromatic nitrogens is 2. The third-order valence-electron chi connectivity index (χ3n) is 10.3. The van der Waals surface area contributed by atoms with Crippen LogP contribution in [0.4, 0.5) is 0 Å². The molecule has 1 aliphatic rings. The summed E-state index contributed by atoms with van der Waals surface area (Å²) >= 11 is 0. The molecule has 1 aliphatic carbocycles. The fourth-order valence-corrected chi connectivity index (χ4v) is 8.23. The van der Waals surface area contributed by atoms with Gasteiger partial charge in [-0.15, -0.1) is 0 Å². The number of benzene rings is 7. The van der Waals surface area contributed by atoms with Crippen LogP contribution in [0.5, 0.6) is 0 Å². The summed E-state index contributed by atoms with van der Waals surface area (Å²) in [6, 6.07) is 53.8. The molecule has 0 saturated carbocycles. The average Bonchev–Trinajstić information content (AvgIpc) is 3.67. The van der Waals surface area contributed by atoms with Gasteiger partial charge in [0.1, 0.15) is 0 Å². The Morgan fingerprint density at radius 1 is 0.400 bits per heavy atom. The fourth-order valence-electron chi connectivity index (χ4n) is 8.23. The molecule has 7 aromatic carbocycles. The van der Waals surface area contributed by atoms with Crippen molar-refractivity contribution in [1.82, 2.24) is 9.13 Å². The average molecular weight is 575 g/mol. The highest BCUT2D eigenvalue weighted by molar-refractivity contribution is 6.29. The first kappa shape index (κ1) is 24.8. The van der Waals surface area contributed by atoms with Gasteiger partial charge >= 0.3 is 0 Å². The maximum Gasteiger partial charge on any atom is 0.0548 e. The molecular formula is C43H30N2. The number of rotatable bonds is 2. The van der Waals surface area contributed by atoms with Crippen LogP contribution in [0.2, 0.25) is 0 Å². The van der Waals surface area contributed by atoms with Crippen molar-refractivity contribution in [2.24, 2.45) is 0 Å². The zero-order chi connectivity index (χ0) is 29.9. The van der Waals surface area contributed by atoms with Crippen molar-refractivity contribution in [3.8, 4) is 22.5 Å². The second kappa shape index (κ2) is 8.74. The van der Waals surface area contributed by atoms with Crippen molar-refractivity contribution in [3.05, 3.63) is 157 Å². The second-order valence-corrected chi connectivity index (χ2v) is 13.0. The van der Waals surface area contributed by atoms with Crippen molar-refractivity contribution in [3.63, 3.8) is 0 Å². The van der Waals surface area contributed by atoms with Crippen LogP contribution in [0.15, 0.2) is 146 Å². The lowest BCUT2D eigenvalue weighted by Gasteiger charge is -2.21. The van der Waals surface area contributed by atoms with Crippen LogP contribution in [0.1, 0.15) is 25.0 Å². The first-order valence-corrected chi connectivity index (χ1v) is 15.8. The fraction of sp³-hybridized carbons (Fsp3) is 0.0698. The van der Waals surface area contributed by atoms with Crippen LogP contribution < -0.4 is 0 Å². The van der Waals surface area contributed by atoms with Gasteiger partial charge in [-0.1, -0.05) is 105 Å². The predicted molar refractivity (Wildman–Crippen MR) is 190 cm³/mol. The summed E-state index contributed by atoms with van der Waals surface area (Å²) in [6.07, 6.45) is 0. The van der Waals surface area contributed by atoms with Gasteiger partial charge in [-0.3, -0.25) is 0 Å². The van der Waals surface area contributed by atoms with Crippen molar-refractivity contribution >= 4 is 54.4 Å². The lowest BCUT2D eigenvalue weighted by atomic mass is 9.82. The van der Waals surface area contributed by atoms with Crippen LogP contribution in [-0.2, 0) is 5.41 Å². The number of hydrogen-bond acceptors (Lipinski definition) is 0. The Balaban J connectivity index is 1.35. The largest absolute Gasteiger partial charge is 0.309 e. The lowest BCUT2D eigenvalue weighted by Crippen LogP contribution is -2.14. The van der Waals surface area contributed by atoms with E-state index in [0.29, 0.717) is 0 Å². The Labute approximate surface area is 261 Å². The summed E-state index contributed by atoms with van der Waals surface area (Å²) in [4.78, 5) is 0. The van der Waals surface area contributed by atoms with E-state index in [1.165, 1.54) is 88.0 Å². The topological polar surface area (TPSA) is 9.86 Å². The molecule has 2 aromatic heterocycles. The Bertz CT molecular complexity index is 2670. The molecule has 0 saturated heterocycles. The predicted octanol–water partition coefficient (Wildman–Crippen LogP) is 11.3. The summed E-state index contributed by atoms with van der Waals surface area (Å²) in [5.41, 5.74) is 12.8. The van der Waals surface area contributed by atoms with Crippen LogP contribution in [-0.4, -0.2) is 9.13 Å². The van der Waals surface area contributed by atoms with Crippen LogP contribution in [0.3, 0.4) is 0 Å². The number of para-hydroxylation sites is 2. The zero-order valence-corrected chi connectivity index (χ0v) is 25.3. The molecule has 0 spiro atoms. The summed E-state index contributed by atoms with van der Waals surface area (Å²) < 4.78 is 4.92. The molecule has 0 unspecified atom stereocenters. The van der Waals surface area contributed by atoms with Crippen LogP contribution in [0.25, 0.3) is 76.9 Å². The molecule has 0 N–H and O–H groups in total. The maximum absolute atomic E-state index is 2.48. The minimum absolute atomic E-state index is 0.0144. The Morgan fingerprint density at radius 3 is 1.84 bits per heavy atom. The van der Waals surface area contributed by atoms with Gasteiger partial charge in [0.25, 0.3) is 0 Å². The van der Waals surface area contributed by atoms with E-state index in [2.05, 4.69) is 169 Å². The first-order chi connectivity index (χ1) is 22.1. The molecule has 0 radical (unpaired) electrons. The van der Waals surface area contributed by atoms with E-state index in [1.54, 1.807) is 0 Å². The van der Waals surface area contributed by atoms with Gasteiger partial charge in [-0.2, -0.15) is 0 Å². The minimum atomic E-state index is -0.0144. The number of hydrogen-bond donors (Lipinski definition) is 0. The van der Waals surface area contributed by atoms with E-state index in [9.17, 15) is 0 Å². The lowest BCUT2D eigenvalue weighted by molar-refractivity contribution is 0.660. The summed E-state index contributed by atoms with van der Waals surface area (Å²) in [6.45, 7) is 4.70. The van der Waals surface area contributed by atoms with Gasteiger partial charge < -0.3 is 9.13 Å². The SMILES string of the molecule is CC1(C)c2ccccc2-c2cc(-n3c4ccccc4c4c5c6cc7ccccc7cc6n(-c6ccccc6)c5ccc43)ccc21. The molecule has 0 fully saturated rings. The van der Waals surface area contributed by atoms with Crippen molar-refractivity contribution in [2.75, 3.05) is 0 Å². The van der Waals surface area contributed by atoms with E-state index in [4.69, 9.17) is 0 Å². The Hall–Kier alpha value is -5.60. The molecule has 0 bridgehead atoms. The van der Waals surface area contributed by atoms with Gasteiger partial charge in [0.15, 0.2) is 0 Å². The van der Waals surface area contributed by atoms with Gasteiger partial charge in [0, 0.05) is 38.3 Å². The normalized spacial score (nSPS) is 13.7. The third-order valence-corrected chi connectivity index (χ3v) is 10.3. The van der Waals surface area contributed by atoms with Crippen LogP contribution >= 0.6 is 0 Å². The maximum atomic E-state index is 2.48. The molecular weight excluding hydrogens is 544 g/mol. The molecule has 9 aromatic rings. The molecule has 45 heavy (non-hydrogen) atoms. The summed E-state index contributed by atoms with van der Waals surface area (Å²) in [7, 11) is 0. The highest BCUT2D eigenvalue weighted by Gasteiger charge is 2.35. The zero-order valence-electron chi connectivity index (χ0n) is 25.3. The molecule has 0 amide bonds. The highest BCUT2D eigenvalue weighted by Crippen LogP contribution is 2.50. The van der Waals surface area contributed by atoms with Crippen molar-refractivity contribution in [1.29, 1.82) is 0 Å². The summed E-state index contributed by atoms with van der Waals surface area (Å²) in [5.74, 6) is 0. The quantitative estimate of drug-likeness (QED) is 0.194. The molecule has 212 valence electrons. The van der Waals surface area contributed by atoms with Gasteiger partial charge in [0.05, 0.1) is 22.1 Å². The molecule has 10 rings (SSSR count). The van der Waals surface area contributed by atoms with E-state index < -0.39 is 0 Å². The number of nitrogens with zero attached hydrogens (tertiary/aromatic N) is 2. The smallest absolute Gasteiger partial charge is 0.0548 e. The molecule has 2 heteroatoms. The van der Waals surface area contributed by atoms with E-state index >= 15 is 0 Å². The van der Waals surface area contributed by atoms with Gasteiger partial charge in [-0.05, 0) is 87.6 Å². The molecule has 2 nitrogen and oxygen atoms in total. The van der Waals surface area contributed by atoms with Gasteiger partial charge in [-0.25, -0.2) is 0 Å². The Kier molecular flexibility index (Phi) is 4.82. The first-order valence-electron chi connectivity index (χ1n) is 15.8. The van der Waals surface area contributed by atoms with E-state index in [0.717, 1.165) is 0 Å².